The fourth-order valence-electron chi connectivity index (χ4n) is 3.75. The van der Waals surface area contributed by atoms with Crippen LogP contribution < -0.4 is 4.90 Å². The minimum atomic E-state index is -0.163. The highest BCUT2D eigenvalue weighted by atomic mass is 19.1. The Balaban J connectivity index is 1.21. The summed E-state index contributed by atoms with van der Waals surface area (Å²) < 4.78 is 13.5. The first kappa shape index (κ1) is 17.0. The molecule has 1 N–H and O–H groups in total. The van der Waals surface area contributed by atoms with E-state index in [1.165, 1.54) is 18.1 Å². The maximum Gasteiger partial charge on any atom is 0.128 e. The molecule has 0 amide bonds. The summed E-state index contributed by atoms with van der Waals surface area (Å²) in [5, 5.41) is 1.02. The molecule has 3 aromatic rings. The van der Waals surface area contributed by atoms with Crippen LogP contribution in [0.1, 0.15) is 18.4 Å². The molecule has 2 aromatic heterocycles. The van der Waals surface area contributed by atoms with E-state index >= 15 is 0 Å². The summed E-state index contributed by atoms with van der Waals surface area (Å²) in [6, 6.07) is 11.0. The molecule has 5 heteroatoms. The number of nitrogens with one attached hydrogen (secondary N) is 1. The van der Waals surface area contributed by atoms with Gasteiger partial charge in [0, 0.05) is 49.5 Å². The molecule has 1 saturated heterocycles. The molecule has 1 aliphatic rings. The Hall–Kier alpha value is -2.40. The Morgan fingerprint density at radius 2 is 1.92 bits per heavy atom. The van der Waals surface area contributed by atoms with Gasteiger partial charge in [0.15, 0.2) is 0 Å². The number of fused-ring (bicyclic) bond motifs is 1. The standard InChI is InChI=1S/C21H25FN4/c22-18-7-8-20-19(15-18)17(16-24-20)5-2-4-10-25-11-13-26(14-12-25)21-6-1-3-9-23-21/h1,3,6-9,15-16,24H,2,4-5,10-14H2. The largest absolute Gasteiger partial charge is 0.361 e. The van der Waals surface area contributed by atoms with Crippen LogP contribution >= 0.6 is 0 Å². The number of pyridine rings is 1. The summed E-state index contributed by atoms with van der Waals surface area (Å²) >= 11 is 0. The van der Waals surface area contributed by atoms with Crippen LogP contribution in [0.5, 0.6) is 0 Å². The Bertz CT molecular complexity index is 838. The first-order valence-corrected chi connectivity index (χ1v) is 9.43. The second-order valence-corrected chi connectivity index (χ2v) is 6.98. The summed E-state index contributed by atoms with van der Waals surface area (Å²) in [4.78, 5) is 12.6. The van der Waals surface area contributed by atoms with Gasteiger partial charge in [0.2, 0.25) is 0 Å². The molecule has 0 unspecified atom stereocenters. The van der Waals surface area contributed by atoms with E-state index in [9.17, 15) is 4.39 Å². The molecule has 4 nitrogen and oxygen atoms in total. The lowest BCUT2D eigenvalue weighted by atomic mass is 10.1. The Morgan fingerprint density at radius 1 is 1.04 bits per heavy atom. The van der Waals surface area contributed by atoms with Gasteiger partial charge in [-0.3, -0.25) is 4.90 Å². The zero-order valence-electron chi connectivity index (χ0n) is 15.0. The van der Waals surface area contributed by atoms with Crippen LogP contribution in [-0.2, 0) is 6.42 Å². The molecule has 0 saturated carbocycles. The number of rotatable bonds is 6. The van der Waals surface area contributed by atoms with Crippen molar-refractivity contribution in [2.75, 3.05) is 37.6 Å². The van der Waals surface area contributed by atoms with Crippen molar-refractivity contribution in [2.45, 2.75) is 19.3 Å². The minimum Gasteiger partial charge on any atom is -0.361 e. The normalized spacial score (nSPS) is 15.7. The summed E-state index contributed by atoms with van der Waals surface area (Å²) in [6.45, 7) is 5.40. The third kappa shape index (κ3) is 3.88. The molecule has 0 spiro atoms. The molecule has 136 valence electrons. The number of hydrogen-bond donors (Lipinski definition) is 1. The monoisotopic (exact) mass is 352 g/mol. The van der Waals surface area contributed by atoms with E-state index < -0.39 is 0 Å². The van der Waals surface area contributed by atoms with Crippen molar-refractivity contribution >= 4 is 16.7 Å². The van der Waals surface area contributed by atoms with Gasteiger partial charge in [-0.15, -0.1) is 0 Å². The number of aromatic nitrogens is 2. The van der Waals surface area contributed by atoms with Crippen LogP contribution in [0.3, 0.4) is 0 Å². The van der Waals surface area contributed by atoms with E-state index in [-0.39, 0.29) is 5.82 Å². The molecule has 1 aromatic carbocycles. The second-order valence-electron chi connectivity index (χ2n) is 6.98. The lowest BCUT2D eigenvalue weighted by molar-refractivity contribution is 0.252. The maximum absolute atomic E-state index is 13.5. The van der Waals surface area contributed by atoms with Crippen LogP contribution in [-0.4, -0.2) is 47.6 Å². The number of nitrogens with zero attached hydrogens (tertiary/aromatic N) is 3. The highest BCUT2D eigenvalue weighted by Crippen LogP contribution is 2.21. The number of halogens is 1. The van der Waals surface area contributed by atoms with E-state index in [0.29, 0.717) is 0 Å². The van der Waals surface area contributed by atoms with Gasteiger partial charge in [-0.1, -0.05) is 6.07 Å². The number of H-pyrrole nitrogens is 1. The quantitative estimate of drug-likeness (QED) is 0.685. The molecule has 0 radical (unpaired) electrons. The van der Waals surface area contributed by atoms with Gasteiger partial charge in [0.1, 0.15) is 11.6 Å². The summed E-state index contributed by atoms with van der Waals surface area (Å²) in [6.07, 6.45) is 7.18. The van der Waals surface area contributed by atoms with Gasteiger partial charge in [-0.25, -0.2) is 9.37 Å². The predicted molar refractivity (Wildman–Crippen MR) is 104 cm³/mol. The van der Waals surface area contributed by atoms with Crippen molar-refractivity contribution in [3.63, 3.8) is 0 Å². The average molecular weight is 352 g/mol. The molecule has 26 heavy (non-hydrogen) atoms. The van der Waals surface area contributed by atoms with Gasteiger partial charge in [-0.05, 0) is 61.7 Å². The number of piperazine rings is 1. The zero-order chi connectivity index (χ0) is 17.8. The van der Waals surface area contributed by atoms with E-state index in [4.69, 9.17) is 0 Å². The Morgan fingerprint density at radius 3 is 2.73 bits per heavy atom. The van der Waals surface area contributed by atoms with Gasteiger partial charge in [0.25, 0.3) is 0 Å². The summed E-state index contributed by atoms with van der Waals surface area (Å²) in [5.41, 5.74) is 2.24. The molecule has 3 heterocycles. The fourth-order valence-corrected chi connectivity index (χ4v) is 3.75. The van der Waals surface area contributed by atoms with E-state index in [2.05, 4.69) is 25.8 Å². The molecule has 1 aliphatic heterocycles. The second kappa shape index (κ2) is 7.87. The molecule has 0 atom stereocenters. The van der Waals surface area contributed by atoms with E-state index in [0.717, 1.165) is 62.3 Å². The van der Waals surface area contributed by atoms with Gasteiger partial charge in [0.05, 0.1) is 0 Å². The predicted octanol–water partition coefficient (Wildman–Crippen LogP) is 3.85. The first-order valence-electron chi connectivity index (χ1n) is 9.43. The molecule has 0 aliphatic carbocycles. The lowest BCUT2D eigenvalue weighted by Gasteiger charge is -2.35. The number of aryl methyl sites for hydroxylation is 1. The molecule has 4 rings (SSSR count). The maximum atomic E-state index is 13.5. The van der Waals surface area contributed by atoms with Crippen molar-refractivity contribution in [3.05, 3.63) is 60.2 Å². The number of aromatic amines is 1. The van der Waals surface area contributed by atoms with Crippen molar-refractivity contribution in [1.29, 1.82) is 0 Å². The van der Waals surface area contributed by atoms with Crippen molar-refractivity contribution < 1.29 is 4.39 Å². The fraction of sp³-hybridized carbons (Fsp3) is 0.381. The van der Waals surface area contributed by atoms with Gasteiger partial charge >= 0.3 is 0 Å². The molecular formula is C21H25FN4. The molecule has 0 bridgehead atoms. The smallest absolute Gasteiger partial charge is 0.128 e. The van der Waals surface area contributed by atoms with Crippen LogP contribution in [0.15, 0.2) is 48.8 Å². The summed E-state index contributed by atoms with van der Waals surface area (Å²) in [5.74, 6) is 0.919. The van der Waals surface area contributed by atoms with Crippen molar-refractivity contribution in [3.8, 4) is 0 Å². The van der Waals surface area contributed by atoms with Crippen LogP contribution in [0.25, 0.3) is 10.9 Å². The number of hydrogen-bond acceptors (Lipinski definition) is 3. The topological polar surface area (TPSA) is 35.2 Å². The summed E-state index contributed by atoms with van der Waals surface area (Å²) in [7, 11) is 0. The first-order chi connectivity index (χ1) is 12.8. The third-order valence-electron chi connectivity index (χ3n) is 5.25. The zero-order valence-corrected chi connectivity index (χ0v) is 15.0. The Labute approximate surface area is 153 Å². The van der Waals surface area contributed by atoms with Crippen molar-refractivity contribution in [1.82, 2.24) is 14.9 Å². The van der Waals surface area contributed by atoms with Crippen LogP contribution in [0, 0.1) is 5.82 Å². The van der Waals surface area contributed by atoms with Crippen LogP contribution in [0.4, 0.5) is 10.2 Å². The van der Waals surface area contributed by atoms with Crippen LogP contribution in [0.2, 0.25) is 0 Å². The lowest BCUT2D eigenvalue weighted by Crippen LogP contribution is -2.46. The third-order valence-corrected chi connectivity index (χ3v) is 5.25. The van der Waals surface area contributed by atoms with Gasteiger partial charge in [-0.2, -0.15) is 0 Å². The Kier molecular flexibility index (Phi) is 5.16. The minimum absolute atomic E-state index is 0.163. The SMILES string of the molecule is Fc1ccc2[nH]cc(CCCCN3CCN(c4ccccn4)CC3)c2c1. The highest BCUT2D eigenvalue weighted by Gasteiger charge is 2.17. The van der Waals surface area contributed by atoms with Crippen molar-refractivity contribution in [2.24, 2.45) is 0 Å². The number of benzene rings is 1. The number of unbranched alkanes of at least 4 members (excludes halogenated alkanes) is 1. The average Bonchev–Trinajstić information content (AvgIpc) is 3.08. The van der Waals surface area contributed by atoms with E-state index in [1.54, 1.807) is 6.07 Å². The van der Waals surface area contributed by atoms with E-state index in [1.807, 2.05) is 30.6 Å². The molecule has 1 fully saturated rings. The van der Waals surface area contributed by atoms with Gasteiger partial charge < -0.3 is 9.88 Å². The molecular weight excluding hydrogens is 327 g/mol. The number of anilines is 1. The highest BCUT2D eigenvalue weighted by molar-refractivity contribution is 5.83.